The van der Waals surface area contributed by atoms with E-state index in [0.717, 1.165) is 10.0 Å². The summed E-state index contributed by atoms with van der Waals surface area (Å²) in [4.78, 5) is 12.3. The summed E-state index contributed by atoms with van der Waals surface area (Å²) < 4.78 is 0.928. The lowest BCUT2D eigenvalue weighted by Gasteiger charge is -1.97. The van der Waals surface area contributed by atoms with Gasteiger partial charge in [-0.15, -0.1) is 0 Å². The standard InChI is InChI=1S/C9H6BrN3/c10-8-4-7(5-11-6-8)9-12-2-1-3-13-9/h1-6H. The average molecular weight is 236 g/mol. The van der Waals surface area contributed by atoms with Crippen molar-refractivity contribution >= 4 is 15.9 Å². The lowest BCUT2D eigenvalue weighted by Crippen LogP contribution is -1.87. The van der Waals surface area contributed by atoms with Crippen molar-refractivity contribution in [2.45, 2.75) is 0 Å². The van der Waals surface area contributed by atoms with Gasteiger partial charge in [0.05, 0.1) is 0 Å². The van der Waals surface area contributed by atoms with E-state index in [1.165, 1.54) is 0 Å². The Labute approximate surface area is 84.0 Å². The largest absolute Gasteiger partial charge is 0.263 e. The smallest absolute Gasteiger partial charge is 0.160 e. The van der Waals surface area contributed by atoms with Gasteiger partial charge in [0.25, 0.3) is 0 Å². The summed E-state index contributed by atoms with van der Waals surface area (Å²) in [5.41, 5.74) is 0.912. The third kappa shape index (κ3) is 1.89. The van der Waals surface area contributed by atoms with E-state index >= 15 is 0 Å². The van der Waals surface area contributed by atoms with Crippen LogP contribution in [0.2, 0.25) is 0 Å². The molecule has 0 aliphatic heterocycles. The van der Waals surface area contributed by atoms with Gasteiger partial charge in [-0.25, -0.2) is 9.97 Å². The van der Waals surface area contributed by atoms with Gasteiger partial charge in [-0.3, -0.25) is 4.98 Å². The summed E-state index contributed by atoms with van der Waals surface area (Å²) in [7, 11) is 0. The first-order valence-corrected chi connectivity index (χ1v) is 4.53. The highest BCUT2D eigenvalue weighted by molar-refractivity contribution is 9.10. The van der Waals surface area contributed by atoms with Gasteiger partial charge < -0.3 is 0 Å². The Bertz CT molecular complexity index is 403. The molecule has 0 unspecified atom stereocenters. The van der Waals surface area contributed by atoms with Gasteiger partial charge in [-0.2, -0.15) is 0 Å². The van der Waals surface area contributed by atoms with Gasteiger partial charge in [-0.1, -0.05) is 0 Å². The molecule has 64 valence electrons. The third-order valence-electron chi connectivity index (χ3n) is 1.53. The maximum atomic E-state index is 4.12. The molecule has 0 saturated carbocycles. The van der Waals surface area contributed by atoms with E-state index in [9.17, 15) is 0 Å². The van der Waals surface area contributed by atoms with Crippen molar-refractivity contribution in [3.8, 4) is 11.4 Å². The first-order valence-electron chi connectivity index (χ1n) is 3.74. The molecule has 0 radical (unpaired) electrons. The Morgan fingerprint density at radius 2 is 1.85 bits per heavy atom. The molecule has 3 nitrogen and oxygen atoms in total. The lowest BCUT2D eigenvalue weighted by atomic mass is 10.3. The van der Waals surface area contributed by atoms with Gasteiger partial charge >= 0.3 is 0 Å². The molecule has 0 aliphatic rings. The van der Waals surface area contributed by atoms with E-state index in [1.54, 1.807) is 30.9 Å². The summed E-state index contributed by atoms with van der Waals surface area (Å²) in [6, 6.07) is 3.72. The molecule has 0 atom stereocenters. The Balaban J connectivity index is 2.48. The fraction of sp³-hybridized carbons (Fsp3) is 0. The van der Waals surface area contributed by atoms with Crippen LogP contribution in [0.3, 0.4) is 0 Å². The molecule has 2 aromatic heterocycles. The molecule has 0 N–H and O–H groups in total. The van der Waals surface area contributed by atoms with Gasteiger partial charge in [0.1, 0.15) is 0 Å². The lowest BCUT2D eigenvalue weighted by molar-refractivity contribution is 1.16. The molecule has 0 spiro atoms. The number of hydrogen-bond donors (Lipinski definition) is 0. The molecule has 0 aromatic carbocycles. The minimum Gasteiger partial charge on any atom is -0.263 e. The number of pyridine rings is 1. The van der Waals surface area contributed by atoms with Crippen molar-refractivity contribution in [3.05, 3.63) is 41.4 Å². The minimum atomic E-state index is 0.691. The second-order valence-electron chi connectivity index (χ2n) is 2.46. The maximum absolute atomic E-state index is 4.12. The molecule has 0 aliphatic carbocycles. The van der Waals surface area contributed by atoms with Crippen molar-refractivity contribution < 1.29 is 0 Å². The zero-order chi connectivity index (χ0) is 9.10. The van der Waals surface area contributed by atoms with Crippen LogP contribution in [0.25, 0.3) is 11.4 Å². The summed E-state index contributed by atoms with van der Waals surface area (Å²) in [5, 5.41) is 0. The first kappa shape index (κ1) is 8.31. The number of halogens is 1. The Morgan fingerprint density at radius 3 is 2.54 bits per heavy atom. The van der Waals surface area contributed by atoms with Crippen molar-refractivity contribution in [2.75, 3.05) is 0 Å². The van der Waals surface area contributed by atoms with E-state index in [2.05, 4.69) is 30.9 Å². The molecule has 2 rings (SSSR count). The second-order valence-corrected chi connectivity index (χ2v) is 3.38. The normalized spacial score (nSPS) is 9.92. The maximum Gasteiger partial charge on any atom is 0.160 e. The van der Waals surface area contributed by atoms with Crippen LogP contribution in [0, 0.1) is 0 Å². The van der Waals surface area contributed by atoms with Crippen LogP contribution in [0.15, 0.2) is 41.4 Å². The molecule has 0 amide bonds. The van der Waals surface area contributed by atoms with Gasteiger partial charge in [0.15, 0.2) is 5.82 Å². The molecule has 0 saturated heterocycles. The third-order valence-corrected chi connectivity index (χ3v) is 1.96. The van der Waals surface area contributed by atoms with Crippen molar-refractivity contribution in [2.24, 2.45) is 0 Å². The van der Waals surface area contributed by atoms with Crippen LogP contribution >= 0.6 is 15.9 Å². The van der Waals surface area contributed by atoms with Crippen LogP contribution in [0.1, 0.15) is 0 Å². The Kier molecular flexibility index (Phi) is 2.31. The molecule has 4 heteroatoms. The second kappa shape index (κ2) is 3.62. The molecule has 2 heterocycles. The topological polar surface area (TPSA) is 38.7 Å². The van der Waals surface area contributed by atoms with Crippen LogP contribution in [0.4, 0.5) is 0 Å². The average Bonchev–Trinajstić information content (AvgIpc) is 2.19. The molecular formula is C9H6BrN3. The molecular weight excluding hydrogens is 230 g/mol. The van der Waals surface area contributed by atoms with E-state index in [1.807, 2.05) is 6.07 Å². The monoisotopic (exact) mass is 235 g/mol. The Morgan fingerprint density at radius 1 is 1.08 bits per heavy atom. The number of hydrogen-bond acceptors (Lipinski definition) is 3. The van der Waals surface area contributed by atoms with E-state index in [0.29, 0.717) is 5.82 Å². The molecule has 2 aromatic rings. The zero-order valence-electron chi connectivity index (χ0n) is 6.68. The molecule has 0 fully saturated rings. The van der Waals surface area contributed by atoms with Gasteiger partial charge in [-0.05, 0) is 28.1 Å². The summed E-state index contributed by atoms with van der Waals surface area (Å²) in [6.45, 7) is 0. The highest BCUT2D eigenvalue weighted by atomic mass is 79.9. The SMILES string of the molecule is Brc1cncc(-c2ncccn2)c1. The first-order chi connectivity index (χ1) is 6.36. The summed E-state index contributed by atoms with van der Waals surface area (Å²) in [6.07, 6.45) is 6.89. The number of rotatable bonds is 1. The quantitative estimate of drug-likeness (QED) is 0.762. The summed E-state index contributed by atoms with van der Waals surface area (Å²) >= 11 is 3.34. The van der Waals surface area contributed by atoms with Crippen LogP contribution < -0.4 is 0 Å². The van der Waals surface area contributed by atoms with Crippen molar-refractivity contribution in [1.29, 1.82) is 0 Å². The van der Waals surface area contributed by atoms with E-state index in [4.69, 9.17) is 0 Å². The summed E-state index contributed by atoms with van der Waals surface area (Å²) in [5.74, 6) is 0.691. The van der Waals surface area contributed by atoms with Crippen LogP contribution in [-0.4, -0.2) is 15.0 Å². The zero-order valence-corrected chi connectivity index (χ0v) is 8.27. The van der Waals surface area contributed by atoms with E-state index < -0.39 is 0 Å². The Hall–Kier alpha value is -1.29. The highest BCUT2D eigenvalue weighted by Gasteiger charge is 1.99. The van der Waals surface area contributed by atoms with Gasteiger partial charge in [0, 0.05) is 34.8 Å². The van der Waals surface area contributed by atoms with Crippen LogP contribution in [-0.2, 0) is 0 Å². The van der Waals surface area contributed by atoms with Crippen LogP contribution in [0.5, 0.6) is 0 Å². The fourth-order valence-electron chi connectivity index (χ4n) is 0.982. The molecule has 13 heavy (non-hydrogen) atoms. The predicted octanol–water partition coefficient (Wildman–Crippen LogP) is 2.30. The van der Waals surface area contributed by atoms with Crippen molar-refractivity contribution in [1.82, 2.24) is 15.0 Å². The minimum absolute atomic E-state index is 0.691. The van der Waals surface area contributed by atoms with Crippen molar-refractivity contribution in [3.63, 3.8) is 0 Å². The number of nitrogens with zero attached hydrogens (tertiary/aromatic N) is 3. The molecule has 0 bridgehead atoms. The fourth-order valence-corrected chi connectivity index (χ4v) is 1.35. The highest BCUT2D eigenvalue weighted by Crippen LogP contribution is 2.16. The van der Waals surface area contributed by atoms with Gasteiger partial charge in [0.2, 0.25) is 0 Å². The van der Waals surface area contributed by atoms with E-state index in [-0.39, 0.29) is 0 Å². The predicted molar refractivity (Wildman–Crippen MR) is 53.0 cm³/mol. The number of aromatic nitrogens is 3.